The standard InChI is InChI=1S/C12H15ClN2O2/c13-9-1-2-11(10(5-9)12(14)17)15-4-3-8(6-15)7-16/h1-2,5,8,16H,3-4,6-7H2,(H2,14,17). The van der Waals surface area contributed by atoms with Crippen molar-refractivity contribution < 1.29 is 9.90 Å². The Hall–Kier alpha value is -1.26. The lowest BCUT2D eigenvalue weighted by Crippen LogP contribution is -2.24. The summed E-state index contributed by atoms with van der Waals surface area (Å²) in [6, 6.07) is 5.14. The molecule has 17 heavy (non-hydrogen) atoms. The fourth-order valence-electron chi connectivity index (χ4n) is 2.18. The van der Waals surface area contributed by atoms with Gasteiger partial charge in [-0.05, 0) is 24.6 Å². The molecule has 1 amide bonds. The normalized spacial score (nSPS) is 19.6. The second kappa shape index (κ2) is 4.94. The average Bonchev–Trinajstić information content (AvgIpc) is 2.77. The Morgan fingerprint density at radius 1 is 1.59 bits per heavy atom. The zero-order valence-electron chi connectivity index (χ0n) is 9.40. The van der Waals surface area contributed by atoms with Gasteiger partial charge < -0.3 is 15.7 Å². The molecule has 1 unspecified atom stereocenters. The van der Waals surface area contributed by atoms with E-state index in [1.807, 2.05) is 6.07 Å². The van der Waals surface area contributed by atoms with E-state index in [-0.39, 0.29) is 12.5 Å². The second-order valence-electron chi connectivity index (χ2n) is 4.31. The molecule has 0 radical (unpaired) electrons. The molecule has 0 spiro atoms. The lowest BCUT2D eigenvalue weighted by Gasteiger charge is -2.21. The van der Waals surface area contributed by atoms with Gasteiger partial charge in [0.05, 0.1) is 5.56 Å². The van der Waals surface area contributed by atoms with Crippen LogP contribution in [0.25, 0.3) is 0 Å². The first-order valence-electron chi connectivity index (χ1n) is 5.57. The molecule has 3 N–H and O–H groups in total. The lowest BCUT2D eigenvalue weighted by atomic mass is 10.1. The zero-order valence-corrected chi connectivity index (χ0v) is 10.2. The van der Waals surface area contributed by atoms with E-state index < -0.39 is 5.91 Å². The fraction of sp³-hybridized carbons (Fsp3) is 0.417. The van der Waals surface area contributed by atoms with Gasteiger partial charge in [0.15, 0.2) is 0 Å². The molecule has 1 heterocycles. The van der Waals surface area contributed by atoms with Crippen LogP contribution < -0.4 is 10.6 Å². The number of benzene rings is 1. The predicted molar refractivity (Wildman–Crippen MR) is 67.4 cm³/mol. The minimum atomic E-state index is -0.477. The molecule has 0 aromatic heterocycles. The van der Waals surface area contributed by atoms with Crippen molar-refractivity contribution >= 4 is 23.2 Å². The molecule has 1 aromatic rings. The maximum Gasteiger partial charge on any atom is 0.250 e. The number of anilines is 1. The minimum absolute atomic E-state index is 0.177. The zero-order chi connectivity index (χ0) is 12.4. The van der Waals surface area contributed by atoms with E-state index in [0.29, 0.717) is 10.6 Å². The molecule has 1 aliphatic heterocycles. The molecule has 2 rings (SSSR count). The SMILES string of the molecule is NC(=O)c1cc(Cl)ccc1N1CCC(CO)C1. The molecule has 0 bridgehead atoms. The maximum atomic E-state index is 11.4. The number of carbonyl (C=O) groups excluding carboxylic acids is 1. The van der Waals surface area contributed by atoms with E-state index in [2.05, 4.69) is 4.90 Å². The Bertz CT molecular complexity index is 437. The van der Waals surface area contributed by atoms with Gasteiger partial charge >= 0.3 is 0 Å². The summed E-state index contributed by atoms with van der Waals surface area (Å²) in [5.41, 5.74) is 6.59. The van der Waals surface area contributed by atoms with Gasteiger partial charge in [-0.25, -0.2) is 0 Å². The summed E-state index contributed by atoms with van der Waals surface area (Å²) in [5.74, 6) is -0.207. The molecule has 1 aromatic carbocycles. The number of amides is 1. The van der Waals surface area contributed by atoms with Crippen molar-refractivity contribution in [1.82, 2.24) is 0 Å². The van der Waals surface area contributed by atoms with Crippen molar-refractivity contribution in [3.05, 3.63) is 28.8 Å². The van der Waals surface area contributed by atoms with Crippen molar-refractivity contribution in [2.75, 3.05) is 24.6 Å². The van der Waals surface area contributed by atoms with Gasteiger partial charge in [-0.2, -0.15) is 0 Å². The highest BCUT2D eigenvalue weighted by Crippen LogP contribution is 2.28. The number of nitrogens with zero attached hydrogens (tertiary/aromatic N) is 1. The Labute approximate surface area is 105 Å². The molecule has 1 fully saturated rings. The number of carbonyl (C=O) groups is 1. The number of aliphatic hydroxyl groups excluding tert-OH is 1. The van der Waals surface area contributed by atoms with Crippen LogP contribution in [-0.2, 0) is 0 Å². The summed E-state index contributed by atoms with van der Waals surface area (Å²) >= 11 is 5.86. The highest BCUT2D eigenvalue weighted by Gasteiger charge is 2.24. The summed E-state index contributed by atoms with van der Waals surface area (Å²) in [6.45, 7) is 1.75. The molecule has 4 nitrogen and oxygen atoms in total. The van der Waals surface area contributed by atoms with Crippen LogP contribution in [-0.4, -0.2) is 30.7 Å². The first-order chi connectivity index (χ1) is 8.11. The topological polar surface area (TPSA) is 66.6 Å². The van der Waals surface area contributed by atoms with Gasteiger partial charge in [-0.1, -0.05) is 11.6 Å². The third-order valence-corrected chi connectivity index (χ3v) is 3.34. The second-order valence-corrected chi connectivity index (χ2v) is 4.75. The fourth-order valence-corrected chi connectivity index (χ4v) is 2.35. The first kappa shape index (κ1) is 12.2. The lowest BCUT2D eigenvalue weighted by molar-refractivity contribution is 0.100. The molecular weight excluding hydrogens is 240 g/mol. The van der Waals surface area contributed by atoms with Crippen molar-refractivity contribution in [1.29, 1.82) is 0 Å². The van der Waals surface area contributed by atoms with Crippen LogP contribution in [0.4, 0.5) is 5.69 Å². The maximum absolute atomic E-state index is 11.4. The molecule has 1 aliphatic rings. The molecule has 0 saturated carbocycles. The van der Waals surface area contributed by atoms with Gasteiger partial charge in [-0.15, -0.1) is 0 Å². The molecule has 92 valence electrons. The highest BCUT2D eigenvalue weighted by atomic mass is 35.5. The number of primary amides is 1. The number of rotatable bonds is 3. The first-order valence-corrected chi connectivity index (χ1v) is 5.94. The van der Waals surface area contributed by atoms with Gasteiger partial charge in [0.25, 0.3) is 5.91 Å². The van der Waals surface area contributed by atoms with Crippen LogP contribution in [0.3, 0.4) is 0 Å². The third-order valence-electron chi connectivity index (χ3n) is 3.11. The van der Waals surface area contributed by atoms with Crippen LogP contribution >= 0.6 is 11.6 Å². The summed E-state index contributed by atoms with van der Waals surface area (Å²) in [5, 5.41) is 9.61. The molecule has 1 atom stereocenters. The van der Waals surface area contributed by atoms with Gasteiger partial charge in [-0.3, -0.25) is 4.79 Å². The largest absolute Gasteiger partial charge is 0.396 e. The highest BCUT2D eigenvalue weighted by molar-refractivity contribution is 6.31. The van der Waals surface area contributed by atoms with E-state index in [0.717, 1.165) is 25.2 Å². The van der Waals surface area contributed by atoms with Crippen LogP contribution in [0.2, 0.25) is 5.02 Å². The van der Waals surface area contributed by atoms with E-state index >= 15 is 0 Å². The predicted octanol–water partition coefficient (Wildman–Crippen LogP) is 1.26. The summed E-state index contributed by atoms with van der Waals surface area (Å²) < 4.78 is 0. The smallest absolute Gasteiger partial charge is 0.250 e. The van der Waals surface area contributed by atoms with Gasteiger partial charge in [0.1, 0.15) is 0 Å². The van der Waals surface area contributed by atoms with Crippen molar-refractivity contribution in [2.45, 2.75) is 6.42 Å². The van der Waals surface area contributed by atoms with Gasteiger partial charge in [0, 0.05) is 36.3 Å². The number of hydrogen-bond acceptors (Lipinski definition) is 3. The number of aliphatic hydroxyl groups is 1. The molecule has 0 aliphatic carbocycles. The number of hydrogen-bond donors (Lipinski definition) is 2. The van der Waals surface area contributed by atoms with Crippen molar-refractivity contribution in [3.8, 4) is 0 Å². The van der Waals surface area contributed by atoms with E-state index in [9.17, 15) is 4.79 Å². The number of halogens is 1. The van der Waals surface area contributed by atoms with Crippen LogP contribution in [0.15, 0.2) is 18.2 Å². The summed E-state index contributed by atoms with van der Waals surface area (Å²) in [6.07, 6.45) is 0.928. The van der Waals surface area contributed by atoms with Crippen molar-refractivity contribution in [3.63, 3.8) is 0 Å². The Kier molecular flexibility index (Phi) is 3.54. The molecule has 5 heteroatoms. The third kappa shape index (κ3) is 2.53. The Morgan fingerprint density at radius 3 is 2.94 bits per heavy atom. The Balaban J connectivity index is 2.29. The molecule has 1 saturated heterocycles. The number of nitrogens with two attached hydrogens (primary N) is 1. The van der Waals surface area contributed by atoms with E-state index in [4.69, 9.17) is 22.4 Å². The van der Waals surface area contributed by atoms with E-state index in [1.54, 1.807) is 12.1 Å². The summed E-state index contributed by atoms with van der Waals surface area (Å²) in [7, 11) is 0. The molecular formula is C12H15ClN2O2. The van der Waals surface area contributed by atoms with Crippen LogP contribution in [0.5, 0.6) is 0 Å². The van der Waals surface area contributed by atoms with Crippen LogP contribution in [0.1, 0.15) is 16.8 Å². The van der Waals surface area contributed by atoms with Crippen LogP contribution in [0, 0.1) is 5.92 Å². The quantitative estimate of drug-likeness (QED) is 0.853. The summed E-state index contributed by atoms with van der Waals surface area (Å²) in [4.78, 5) is 13.4. The average molecular weight is 255 g/mol. The van der Waals surface area contributed by atoms with Gasteiger partial charge in [0.2, 0.25) is 0 Å². The Morgan fingerprint density at radius 2 is 2.35 bits per heavy atom. The van der Waals surface area contributed by atoms with Crippen molar-refractivity contribution in [2.24, 2.45) is 11.7 Å². The monoisotopic (exact) mass is 254 g/mol. The van der Waals surface area contributed by atoms with E-state index in [1.165, 1.54) is 0 Å². The minimum Gasteiger partial charge on any atom is -0.396 e.